The first-order valence-electron chi connectivity index (χ1n) is 13.4. The number of hydrogen-bond acceptors (Lipinski definition) is 2. The van der Waals surface area contributed by atoms with Crippen LogP contribution in [0.5, 0.6) is 0 Å². The van der Waals surface area contributed by atoms with Crippen molar-refractivity contribution in [3.63, 3.8) is 0 Å². The van der Waals surface area contributed by atoms with Crippen molar-refractivity contribution in [2.24, 2.45) is 34.0 Å². The van der Waals surface area contributed by atoms with E-state index in [-0.39, 0.29) is 5.41 Å². The summed E-state index contributed by atoms with van der Waals surface area (Å²) in [6, 6.07) is 0. The smallest absolute Gasteiger partial charge is 0.182 e. The fourth-order valence-electron chi connectivity index (χ4n) is 9.68. The third-order valence-corrected chi connectivity index (χ3v) is 11.8. The Balaban J connectivity index is 1.35. The molecule has 7 atom stereocenters. The van der Waals surface area contributed by atoms with E-state index in [1.165, 1.54) is 62.5 Å². The van der Waals surface area contributed by atoms with Crippen LogP contribution in [0.15, 0.2) is 33.9 Å². The zero-order chi connectivity index (χ0) is 22.6. The molecule has 3 fully saturated rings. The van der Waals surface area contributed by atoms with E-state index in [1.54, 1.807) is 11.1 Å². The van der Waals surface area contributed by atoms with Gasteiger partial charge in [-0.1, -0.05) is 44.4 Å². The molecule has 0 spiro atoms. The molecule has 2 aliphatic heterocycles. The molecule has 0 aromatic heterocycles. The number of ether oxygens (including phenoxy) is 1. The van der Waals surface area contributed by atoms with E-state index in [1.807, 2.05) is 6.08 Å². The number of ketones is 1. The molecule has 32 heavy (non-hydrogen) atoms. The van der Waals surface area contributed by atoms with E-state index in [0.29, 0.717) is 40.7 Å². The Morgan fingerprint density at radius 1 is 0.969 bits per heavy atom. The van der Waals surface area contributed by atoms with E-state index in [4.69, 9.17) is 4.74 Å². The molecule has 0 aromatic rings. The molecule has 1 saturated heterocycles. The zero-order valence-electron chi connectivity index (χ0n) is 21.1. The van der Waals surface area contributed by atoms with Crippen LogP contribution in [0.1, 0.15) is 99.3 Å². The molecule has 4 aliphatic carbocycles. The van der Waals surface area contributed by atoms with E-state index in [9.17, 15) is 4.79 Å². The minimum Gasteiger partial charge on any atom is -0.370 e. The fourth-order valence-corrected chi connectivity index (χ4v) is 9.68. The molecule has 0 aromatic carbocycles. The van der Waals surface area contributed by atoms with Crippen molar-refractivity contribution in [3.8, 4) is 0 Å². The molecular weight excluding hydrogens is 392 g/mol. The van der Waals surface area contributed by atoms with Gasteiger partial charge >= 0.3 is 0 Å². The van der Waals surface area contributed by atoms with Gasteiger partial charge in [0.1, 0.15) is 0 Å². The highest BCUT2D eigenvalue weighted by atomic mass is 16.5. The minimum atomic E-state index is 0.218. The third-order valence-electron chi connectivity index (χ3n) is 11.8. The van der Waals surface area contributed by atoms with Crippen molar-refractivity contribution < 1.29 is 9.53 Å². The third kappa shape index (κ3) is 2.54. The summed E-state index contributed by atoms with van der Waals surface area (Å²) >= 11 is 0. The van der Waals surface area contributed by atoms with Gasteiger partial charge in [0.25, 0.3) is 0 Å². The monoisotopic (exact) mass is 434 g/mol. The van der Waals surface area contributed by atoms with Crippen LogP contribution in [0.25, 0.3) is 0 Å². The molecule has 2 heteroatoms. The lowest BCUT2D eigenvalue weighted by molar-refractivity contribution is -0.111. The molecule has 2 bridgehead atoms. The number of carbonyl (C=O) groups excluding carboxylic acids is 1. The van der Waals surface area contributed by atoms with Crippen LogP contribution >= 0.6 is 0 Å². The maximum Gasteiger partial charge on any atom is 0.182 e. The number of allylic oxidation sites excluding steroid dienone is 4. The van der Waals surface area contributed by atoms with Gasteiger partial charge in [0.05, 0.1) is 12.2 Å². The Morgan fingerprint density at radius 3 is 2.47 bits per heavy atom. The molecule has 6 aliphatic rings. The Kier molecular flexibility index (Phi) is 4.48. The van der Waals surface area contributed by atoms with Crippen LogP contribution < -0.4 is 0 Å². The summed E-state index contributed by atoms with van der Waals surface area (Å²) in [5.74, 6) is 2.33. The van der Waals surface area contributed by atoms with Crippen LogP contribution in [0.3, 0.4) is 0 Å². The molecule has 0 amide bonds. The highest BCUT2D eigenvalue weighted by molar-refractivity contribution is 6.08. The van der Waals surface area contributed by atoms with Gasteiger partial charge < -0.3 is 4.74 Å². The lowest BCUT2D eigenvalue weighted by Crippen LogP contribution is -2.55. The van der Waals surface area contributed by atoms with E-state index in [0.717, 1.165) is 17.9 Å². The lowest BCUT2D eigenvalue weighted by atomic mass is 9.43. The molecule has 0 N–H and O–H groups in total. The molecular formula is C30H42O2. The first-order chi connectivity index (χ1) is 15.1. The molecule has 174 valence electrons. The fraction of sp³-hybridized carbons (Fsp3) is 0.767. The predicted molar refractivity (Wildman–Crippen MR) is 129 cm³/mol. The summed E-state index contributed by atoms with van der Waals surface area (Å²) in [7, 11) is 0. The van der Waals surface area contributed by atoms with E-state index in [2.05, 4.69) is 41.5 Å². The van der Waals surface area contributed by atoms with Crippen molar-refractivity contribution in [3.05, 3.63) is 33.9 Å². The van der Waals surface area contributed by atoms with Crippen molar-refractivity contribution in [2.75, 3.05) is 0 Å². The predicted octanol–water partition coefficient (Wildman–Crippen LogP) is 7.35. The maximum atomic E-state index is 12.7. The Bertz CT molecular complexity index is 973. The first kappa shape index (κ1) is 21.4. The second-order valence-electron chi connectivity index (χ2n) is 13.3. The lowest BCUT2D eigenvalue weighted by Gasteiger charge is -2.62. The van der Waals surface area contributed by atoms with E-state index >= 15 is 0 Å². The van der Waals surface area contributed by atoms with Crippen molar-refractivity contribution in [2.45, 2.75) is 112 Å². The molecule has 2 saturated carbocycles. The van der Waals surface area contributed by atoms with Gasteiger partial charge in [0, 0.05) is 11.0 Å². The van der Waals surface area contributed by atoms with E-state index < -0.39 is 0 Å². The molecule has 2 nitrogen and oxygen atoms in total. The van der Waals surface area contributed by atoms with Crippen LogP contribution in [0, 0.1) is 34.0 Å². The Morgan fingerprint density at radius 2 is 1.75 bits per heavy atom. The summed E-state index contributed by atoms with van der Waals surface area (Å²) in [6.45, 7) is 14.4. The molecule has 7 unspecified atom stereocenters. The average Bonchev–Trinajstić information content (AvgIpc) is 3.42. The molecule has 2 heterocycles. The topological polar surface area (TPSA) is 26.3 Å². The summed E-state index contributed by atoms with van der Waals surface area (Å²) < 4.78 is 6.66. The molecule has 0 radical (unpaired) electrons. The summed E-state index contributed by atoms with van der Waals surface area (Å²) in [5.41, 5.74) is 8.22. The van der Waals surface area contributed by atoms with Gasteiger partial charge in [-0.25, -0.2) is 0 Å². The molecule has 6 rings (SSSR count). The number of carbonyl (C=O) groups is 1. The summed E-state index contributed by atoms with van der Waals surface area (Å²) in [5, 5.41) is 0. The van der Waals surface area contributed by atoms with Crippen LogP contribution in [-0.2, 0) is 9.53 Å². The first-order valence-corrected chi connectivity index (χ1v) is 13.4. The van der Waals surface area contributed by atoms with Crippen molar-refractivity contribution in [1.82, 2.24) is 0 Å². The summed E-state index contributed by atoms with van der Waals surface area (Å²) in [6.07, 6.45) is 14.1. The SMILES string of the molecule is CC(C)=C1CC(C2CCC3(C)C2CCC2C4=C(CCC23C)C(C)(C)C2CCC4O2)=CC1=O. The van der Waals surface area contributed by atoms with Gasteiger partial charge in [0.2, 0.25) is 0 Å². The highest BCUT2D eigenvalue weighted by Gasteiger charge is 2.64. The maximum absolute atomic E-state index is 12.7. The second-order valence-corrected chi connectivity index (χ2v) is 13.3. The zero-order valence-corrected chi connectivity index (χ0v) is 21.1. The van der Waals surface area contributed by atoms with Gasteiger partial charge in [-0.3, -0.25) is 4.79 Å². The highest BCUT2D eigenvalue weighted by Crippen LogP contribution is 2.72. The van der Waals surface area contributed by atoms with Crippen molar-refractivity contribution >= 4 is 5.78 Å². The van der Waals surface area contributed by atoms with Gasteiger partial charge in [0.15, 0.2) is 5.78 Å². The average molecular weight is 435 g/mol. The van der Waals surface area contributed by atoms with Gasteiger partial charge in [-0.15, -0.1) is 0 Å². The van der Waals surface area contributed by atoms with Crippen molar-refractivity contribution in [1.29, 1.82) is 0 Å². The second kappa shape index (κ2) is 6.71. The minimum absolute atomic E-state index is 0.218. The standard InChI is InChI=1S/C30H42O2/c1-17(2)20-15-18(16-24(20)31)19-11-13-29(5)21(19)7-8-23-27-22(12-14-30(23,29)6)28(3,4)26-10-9-25(27)32-26/h16,19,21,23,25-26H,7-15H2,1-6H3. The number of rotatable bonds is 1. The largest absolute Gasteiger partial charge is 0.370 e. The Hall–Kier alpha value is -1.15. The van der Waals surface area contributed by atoms with Crippen LogP contribution in [0.4, 0.5) is 0 Å². The van der Waals surface area contributed by atoms with Crippen LogP contribution in [0.2, 0.25) is 0 Å². The summed E-state index contributed by atoms with van der Waals surface area (Å²) in [4.78, 5) is 12.7. The number of fused-ring (bicyclic) bond motifs is 7. The Labute approximate surface area is 194 Å². The quantitative estimate of drug-likeness (QED) is 0.318. The normalized spacial score (nSPS) is 46.7. The van der Waals surface area contributed by atoms with Gasteiger partial charge in [-0.2, -0.15) is 0 Å². The number of hydrogen-bond donors (Lipinski definition) is 0. The van der Waals surface area contributed by atoms with Crippen LogP contribution in [-0.4, -0.2) is 18.0 Å². The van der Waals surface area contributed by atoms with Gasteiger partial charge in [-0.05, 0) is 112 Å².